The second-order valence-corrected chi connectivity index (χ2v) is 7.79. The zero-order valence-electron chi connectivity index (χ0n) is 10.8. The number of carbonyl (C=O) groups is 1. The highest BCUT2D eigenvalue weighted by atomic mass is 32.2. The van der Waals surface area contributed by atoms with Crippen molar-refractivity contribution in [2.75, 3.05) is 5.32 Å². The molecule has 4 nitrogen and oxygen atoms in total. The van der Waals surface area contributed by atoms with Crippen LogP contribution in [-0.4, -0.2) is 20.6 Å². The van der Waals surface area contributed by atoms with Crippen molar-refractivity contribution in [3.63, 3.8) is 0 Å². The maximum absolute atomic E-state index is 11.0. The van der Waals surface area contributed by atoms with Crippen LogP contribution in [0.5, 0.6) is 0 Å². The predicted octanol–water partition coefficient (Wildman–Crippen LogP) is 3.54. The quantitative estimate of drug-likeness (QED) is 0.855. The zero-order valence-corrected chi connectivity index (χ0v) is 12.4. The van der Waals surface area contributed by atoms with E-state index in [0.717, 1.165) is 15.2 Å². The Kier molecular flexibility index (Phi) is 3.59. The molecular formula is C12H15N3OS2. The first-order valence-electron chi connectivity index (χ1n) is 5.57. The minimum Gasteiger partial charge on any atom is -0.302 e. The molecule has 2 heterocycles. The number of hydrogen-bond donors (Lipinski definition) is 1. The summed E-state index contributed by atoms with van der Waals surface area (Å²) in [4.78, 5) is 21.6. The van der Waals surface area contributed by atoms with Gasteiger partial charge in [0.1, 0.15) is 10.3 Å². The fourth-order valence-electron chi connectivity index (χ4n) is 1.42. The number of aromatic nitrogens is 2. The summed E-state index contributed by atoms with van der Waals surface area (Å²) in [6.45, 7) is 7.95. The highest BCUT2D eigenvalue weighted by Crippen LogP contribution is 2.34. The molecule has 0 spiro atoms. The summed E-state index contributed by atoms with van der Waals surface area (Å²) in [5, 5.41) is 3.28. The number of pyridine rings is 1. The van der Waals surface area contributed by atoms with Crippen molar-refractivity contribution in [3.8, 4) is 0 Å². The van der Waals surface area contributed by atoms with E-state index in [1.54, 1.807) is 11.8 Å². The molecule has 0 radical (unpaired) electrons. The van der Waals surface area contributed by atoms with Crippen LogP contribution in [0.15, 0.2) is 17.2 Å². The van der Waals surface area contributed by atoms with E-state index >= 15 is 0 Å². The van der Waals surface area contributed by atoms with Crippen LogP contribution in [0.2, 0.25) is 0 Å². The van der Waals surface area contributed by atoms with E-state index in [9.17, 15) is 4.79 Å². The van der Waals surface area contributed by atoms with Gasteiger partial charge in [-0.1, -0.05) is 32.1 Å². The number of amides is 1. The minimum atomic E-state index is -0.113. The lowest BCUT2D eigenvalue weighted by molar-refractivity contribution is -0.114. The summed E-state index contributed by atoms with van der Waals surface area (Å²) >= 11 is 3.14. The van der Waals surface area contributed by atoms with Crippen LogP contribution in [0.1, 0.15) is 27.7 Å². The normalized spacial score (nSPS) is 11.8. The molecule has 18 heavy (non-hydrogen) atoms. The molecule has 0 atom stereocenters. The van der Waals surface area contributed by atoms with E-state index < -0.39 is 0 Å². The second kappa shape index (κ2) is 4.85. The van der Waals surface area contributed by atoms with E-state index in [0.29, 0.717) is 5.13 Å². The van der Waals surface area contributed by atoms with E-state index in [4.69, 9.17) is 0 Å². The molecule has 0 unspecified atom stereocenters. The predicted molar refractivity (Wildman–Crippen MR) is 77.3 cm³/mol. The Morgan fingerprint density at radius 2 is 2.17 bits per heavy atom. The fourth-order valence-corrected chi connectivity index (χ4v) is 3.24. The SMILES string of the molecule is CC(=O)Nc1nc2cc(SC(C)(C)C)cnc2s1. The highest BCUT2D eigenvalue weighted by molar-refractivity contribution is 8.00. The topological polar surface area (TPSA) is 54.9 Å². The van der Waals surface area contributed by atoms with E-state index in [1.807, 2.05) is 12.3 Å². The van der Waals surface area contributed by atoms with E-state index in [1.165, 1.54) is 18.3 Å². The molecule has 0 fully saturated rings. The number of carbonyl (C=O) groups excluding carboxylic acids is 1. The molecule has 0 aliphatic carbocycles. The van der Waals surface area contributed by atoms with Gasteiger partial charge in [-0.25, -0.2) is 9.97 Å². The molecule has 1 amide bonds. The second-order valence-electron chi connectivity index (χ2n) is 4.91. The zero-order chi connectivity index (χ0) is 13.3. The van der Waals surface area contributed by atoms with Crippen molar-refractivity contribution < 1.29 is 4.79 Å². The van der Waals surface area contributed by atoms with Crippen molar-refractivity contribution in [1.29, 1.82) is 0 Å². The van der Waals surface area contributed by atoms with Crippen molar-refractivity contribution >= 4 is 44.5 Å². The van der Waals surface area contributed by atoms with Crippen molar-refractivity contribution in [2.24, 2.45) is 0 Å². The van der Waals surface area contributed by atoms with Gasteiger partial charge in [0.15, 0.2) is 5.13 Å². The Bertz CT molecular complexity index is 587. The molecular weight excluding hydrogens is 266 g/mol. The molecule has 0 saturated heterocycles. The molecule has 2 aromatic rings. The van der Waals surface area contributed by atoms with Crippen LogP contribution in [-0.2, 0) is 4.79 Å². The summed E-state index contributed by atoms with van der Waals surface area (Å²) in [7, 11) is 0. The number of fused-ring (bicyclic) bond motifs is 1. The third-order valence-electron chi connectivity index (χ3n) is 1.93. The summed E-state index contributed by atoms with van der Waals surface area (Å²) < 4.78 is 0.145. The highest BCUT2D eigenvalue weighted by Gasteiger charge is 2.14. The minimum absolute atomic E-state index is 0.113. The Morgan fingerprint density at radius 3 is 2.78 bits per heavy atom. The Hall–Kier alpha value is -1.14. The monoisotopic (exact) mass is 281 g/mol. The molecule has 2 rings (SSSR count). The van der Waals surface area contributed by atoms with Gasteiger partial charge in [0.2, 0.25) is 5.91 Å². The van der Waals surface area contributed by atoms with Gasteiger partial charge < -0.3 is 5.32 Å². The number of nitrogens with one attached hydrogen (secondary N) is 1. The van der Waals surface area contributed by atoms with Crippen LogP contribution in [0.3, 0.4) is 0 Å². The first-order chi connectivity index (χ1) is 8.33. The molecule has 0 bridgehead atoms. The van der Waals surface area contributed by atoms with Crippen LogP contribution in [0.4, 0.5) is 5.13 Å². The lowest BCUT2D eigenvalue weighted by Gasteiger charge is -2.16. The number of thiazole rings is 1. The number of anilines is 1. The Balaban J connectivity index is 2.30. The molecule has 96 valence electrons. The Morgan fingerprint density at radius 1 is 1.44 bits per heavy atom. The largest absolute Gasteiger partial charge is 0.302 e. The third-order valence-corrected chi connectivity index (χ3v) is 3.90. The van der Waals surface area contributed by atoms with E-state index in [-0.39, 0.29) is 10.7 Å². The van der Waals surface area contributed by atoms with Crippen LogP contribution in [0.25, 0.3) is 10.3 Å². The molecule has 0 saturated carbocycles. The van der Waals surface area contributed by atoms with Gasteiger partial charge in [-0.3, -0.25) is 4.79 Å². The summed E-state index contributed by atoms with van der Waals surface area (Å²) in [5.74, 6) is -0.113. The lowest BCUT2D eigenvalue weighted by Crippen LogP contribution is -2.06. The third kappa shape index (κ3) is 3.43. The average Bonchev–Trinajstić information content (AvgIpc) is 2.55. The maximum Gasteiger partial charge on any atom is 0.223 e. The first-order valence-corrected chi connectivity index (χ1v) is 7.20. The smallest absolute Gasteiger partial charge is 0.223 e. The molecule has 2 aromatic heterocycles. The lowest BCUT2D eigenvalue weighted by atomic mass is 10.3. The molecule has 0 aliphatic heterocycles. The molecule has 0 aromatic carbocycles. The Labute approximate surface area is 114 Å². The number of thioether (sulfide) groups is 1. The van der Waals surface area contributed by atoms with Gasteiger partial charge in [0, 0.05) is 22.8 Å². The van der Waals surface area contributed by atoms with Gasteiger partial charge in [-0.2, -0.15) is 0 Å². The molecule has 0 aliphatic rings. The van der Waals surface area contributed by atoms with Gasteiger partial charge in [0.05, 0.1) is 0 Å². The number of nitrogens with zero attached hydrogens (tertiary/aromatic N) is 2. The van der Waals surface area contributed by atoms with E-state index in [2.05, 4.69) is 36.1 Å². The average molecular weight is 281 g/mol. The summed E-state index contributed by atoms with van der Waals surface area (Å²) in [6.07, 6.45) is 1.86. The van der Waals surface area contributed by atoms with Crippen LogP contribution in [0, 0.1) is 0 Å². The number of hydrogen-bond acceptors (Lipinski definition) is 5. The number of rotatable bonds is 2. The van der Waals surface area contributed by atoms with Gasteiger partial charge >= 0.3 is 0 Å². The van der Waals surface area contributed by atoms with Crippen molar-refractivity contribution in [1.82, 2.24) is 9.97 Å². The van der Waals surface area contributed by atoms with Gasteiger partial charge in [-0.15, -0.1) is 11.8 Å². The van der Waals surface area contributed by atoms with Gasteiger partial charge in [-0.05, 0) is 6.07 Å². The van der Waals surface area contributed by atoms with Crippen molar-refractivity contribution in [2.45, 2.75) is 37.3 Å². The molecule has 6 heteroatoms. The standard InChI is InChI=1S/C12H15N3OS2/c1-7(16)14-11-15-9-5-8(18-12(2,3)4)6-13-10(9)17-11/h5-6H,1-4H3,(H,14,15,16). The summed E-state index contributed by atoms with van der Waals surface area (Å²) in [5.41, 5.74) is 0.831. The van der Waals surface area contributed by atoms with Gasteiger partial charge in [0.25, 0.3) is 0 Å². The van der Waals surface area contributed by atoms with Crippen molar-refractivity contribution in [3.05, 3.63) is 12.3 Å². The maximum atomic E-state index is 11.0. The van der Waals surface area contributed by atoms with Crippen LogP contribution < -0.4 is 5.32 Å². The first kappa shape index (κ1) is 13.3. The molecule has 1 N–H and O–H groups in total. The summed E-state index contributed by atoms with van der Waals surface area (Å²) in [6, 6.07) is 2.01. The fraction of sp³-hybridized carbons (Fsp3) is 0.417. The van der Waals surface area contributed by atoms with Crippen LogP contribution >= 0.6 is 23.1 Å².